The van der Waals surface area contributed by atoms with Crippen molar-refractivity contribution in [1.82, 2.24) is 15.4 Å². The van der Waals surface area contributed by atoms with Crippen molar-refractivity contribution >= 4 is 18.2 Å². The molecular formula is C26H38N4O7. The number of ether oxygens (including phenoxy) is 2. The van der Waals surface area contributed by atoms with Crippen LogP contribution in [0.2, 0.25) is 0 Å². The van der Waals surface area contributed by atoms with Crippen molar-refractivity contribution < 1.29 is 34.1 Å². The number of aliphatic carboxylic acids is 2. The predicted molar refractivity (Wildman–Crippen MR) is 135 cm³/mol. The Balaban J connectivity index is 1.31. The number of carbonyl (C=O) groups is 2. The number of rotatable bonds is 10. The summed E-state index contributed by atoms with van der Waals surface area (Å²) < 4.78 is 11.6. The second-order valence-corrected chi connectivity index (χ2v) is 10.4. The minimum Gasteiger partial charge on any atom is -0.480 e. The number of likely N-dealkylation sites (tertiary alicyclic amines) is 1. The van der Waals surface area contributed by atoms with Gasteiger partial charge in [0.2, 0.25) is 0 Å². The number of hydrogen-bond acceptors (Lipinski definition) is 9. The number of piperidine rings is 1. The van der Waals surface area contributed by atoms with Gasteiger partial charge in [-0.1, -0.05) is 24.3 Å². The van der Waals surface area contributed by atoms with Crippen molar-refractivity contribution in [3.8, 4) is 0 Å². The third-order valence-corrected chi connectivity index (χ3v) is 7.21. The number of nitrogens with zero attached hydrogens (tertiary/aromatic N) is 3. The fourth-order valence-corrected chi connectivity index (χ4v) is 5.42. The number of carboxylic acids is 2. The maximum atomic E-state index is 11.2. The lowest BCUT2D eigenvalue weighted by Crippen LogP contribution is -2.49. The van der Waals surface area contributed by atoms with Crippen LogP contribution in [0.15, 0.2) is 29.4 Å². The molecule has 4 unspecified atom stereocenters. The standard InChI is InChI=1S/C26H38N4O7/c1-18-14-30(15-19(2)36-18)27-13-20-3-5-21(6-4-20)23-11-22(37-28-23)12-26(35-17-25(33)34)7-9-29(10-8-26)16-24(31)32/h3-6,13,18-19,22-23,28H,7-12,14-17H2,1-2H3,(H,31,32)(H,33,34). The largest absolute Gasteiger partial charge is 0.480 e. The molecule has 3 aliphatic heterocycles. The van der Waals surface area contributed by atoms with Gasteiger partial charge in [0.25, 0.3) is 0 Å². The van der Waals surface area contributed by atoms with Gasteiger partial charge in [-0.2, -0.15) is 10.6 Å². The molecule has 3 saturated heterocycles. The van der Waals surface area contributed by atoms with Crippen LogP contribution in [-0.2, 0) is 23.9 Å². The Hall–Kier alpha value is -2.57. The van der Waals surface area contributed by atoms with Crippen molar-refractivity contribution in [1.29, 1.82) is 0 Å². The summed E-state index contributed by atoms with van der Waals surface area (Å²) in [4.78, 5) is 30.0. The number of carboxylic acid groups (broad SMARTS) is 2. The highest BCUT2D eigenvalue weighted by Gasteiger charge is 2.41. The second-order valence-electron chi connectivity index (χ2n) is 10.4. The Morgan fingerprint density at radius 1 is 1.14 bits per heavy atom. The zero-order chi connectivity index (χ0) is 26.4. The van der Waals surface area contributed by atoms with Gasteiger partial charge in [-0.3, -0.25) is 19.5 Å². The van der Waals surface area contributed by atoms with Gasteiger partial charge in [-0.15, -0.1) is 0 Å². The molecule has 204 valence electrons. The quantitative estimate of drug-likeness (QED) is 0.394. The molecule has 0 spiro atoms. The Morgan fingerprint density at radius 2 is 1.81 bits per heavy atom. The van der Waals surface area contributed by atoms with Gasteiger partial charge in [0.05, 0.1) is 55.8 Å². The van der Waals surface area contributed by atoms with E-state index in [1.807, 2.05) is 28.3 Å². The van der Waals surface area contributed by atoms with E-state index in [1.165, 1.54) is 0 Å². The summed E-state index contributed by atoms with van der Waals surface area (Å²) in [5.74, 6) is -1.88. The molecule has 11 nitrogen and oxygen atoms in total. The van der Waals surface area contributed by atoms with E-state index in [9.17, 15) is 9.59 Å². The molecule has 1 aromatic carbocycles. The normalized spacial score (nSPS) is 28.5. The lowest BCUT2D eigenvalue weighted by molar-refractivity contribution is -0.159. The molecule has 0 amide bonds. The molecule has 0 radical (unpaired) electrons. The van der Waals surface area contributed by atoms with E-state index in [4.69, 9.17) is 24.5 Å². The van der Waals surface area contributed by atoms with Crippen molar-refractivity contribution in [2.45, 2.75) is 69.5 Å². The third kappa shape index (κ3) is 7.96. The van der Waals surface area contributed by atoms with Crippen LogP contribution in [0.3, 0.4) is 0 Å². The average Bonchev–Trinajstić information content (AvgIpc) is 3.31. The first-order chi connectivity index (χ1) is 17.7. The van der Waals surface area contributed by atoms with Gasteiger partial charge in [-0.05, 0) is 44.2 Å². The minimum absolute atomic E-state index is 0.0144. The Kier molecular flexibility index (Phi) is 9.14. The smallest absolute Gasteiger partial charge is 0.329 e. The highest BCUT2D eigenvalue weighted by atomic mass is 16.7. The van der Waals surface area contributed by atoms with Gasteiger partial charge in [0.15, 0.2) is 0 Å². The molecule has 3 fully saturated rings. The molecule has 3 N–H and O–H groups in total. The molecule has 4 rings (SSSR count). The van der Waals surface area contributed by atoms with Crippen LogP contribution in [0.4, 0.5) is 0 Å². The zero-order valence-corrected chi connectivity index (χ0v) is 21.5. The van der Waals surface area contributed by atoms with Crippen LogP contribution < -0.4 is 5.48 Å². The molecule has 4 atom stereocenters. The van der Waals surface area contributed by atoms with Crippen LogP contribution in [0.5, 0.6) is 0 Å². The van der Waals surface area contributed by atoms with Crippen molar-refractivity contribution in [2.24, 2.45) is 5.10 Å². The third-order valence-electron chi connectivity index (χ3n) is 7.21. The van der Waals surface area contributed by atoms with Crippen LogP contribution in [0.25, 0.3) is 0 Å². The number of hydrogen-bond donors (Lipinski definition) is 3. The summed E-state index contributed by atoms with van der Waals surface area (Å²) in [6.07, 6.45) is 4.46. The molecule has 11 heteroatoms. The lowest BCUT2D eigenvalue weighted by Gasteiger charge is -2.42. The van der Waals surface area contributed by atoms with Crippen molar-refractivity contribution in [3.05, 3.63) is 35.4 Å². The number of benzene rings is 1. The Labute approximate surface area is 217 Å². The maximum absolute atomic E-state index is 11.2. The summed E-state index contributed by atoms with van der Waals surface area (Å²) in [6.45, 7) is 6.34. The van der Waals surface area contributed by atoms with E-state index in [2.05, 4.69) is 36.6 Å². The van der Waals surface area contributed by atoms with Crippen LogP contribution in [0, 0.1) is 0 Å². The number of hydrazone groups is 1. The first kappa shape index (κ1) is 27.5. The van der Waals surface area contributed by atoms with E-state index in [-0.39, 0.29) is 37.5 Å². The molecule has 1 aromatic rings. The molecular weight excluding hydrogens is 480 g/mol. The van der Waals surface area contributed by atoms with E-state index >= 15 is 0 Å². The fraction of sp³-hybridized carbons (Fsp3) is 0.654. The molecule has 0 aliphatic carbocycles. The molecule has 3 aliphatic rings. The summed E-state index contributed by atoms with van der Waals surface area (Å²) in [5, 5.41) is 24.9. The van der Waals surface area contributed by atoms with Gasteiger partial charge in [0, 0.05) is 19.5 Å². The highest BCUT2D eigenvalue weighted by Crippen LogP contribution is 2.36. The molecule has 0 saturated carbocycles. The maximum Gasteiger partial charge on any atom is 0.329 e. The Bertz CT molecular complexity index is 939. The van der Waals surface area contributed by atoms with Gasteiger partial charge >= 0.3 is 11.9 Å². The van der Waals surface area contributed by atoms with Gasteiger partial charge in [-0.25, -0.2) is 4.79 Å². The van der Waals surface area contributed by atoms with Gasteiger partial charge in [0.1, 0.15) is 6.61 Å². The average molecular weight is 519 g/mol. The van der Waals surface area contributed by atoms with Gasteiger partial charge < -0.3 is 19.7 Å². The molecule has 0 aromatic heterocycles. The Morgan fingerprint density at radius 3 is 2.43 bits per heavy atom. The minimum atomic E-state index is -1.02. The van der Waals surface area contributed by atoms with Crippen molar-refractivity contribution in [2.75, 3.05) is 39.3 Å². The SMILES string of the molecule is CC1CN(N=Cc2ccc(C3CC(CC4(OCC(=O)O)CCN(CC(=O)O)CC4)ON3)cc2)CC(C)O1. The molecule has 3 heterocycles. The van der Waals surface area contributed by atoms with Crippen molar-refractivity contribution in [3.63, 3.8) is 0 Å². The number of hydroxylamine groups is 1. The van der Waals surface area contributed by atoms with E-state index in [0.29, 0.717) is 32.4 Å². The predicted octanol–water partition coefficient (Wildman–Crippen LogP) is 1.87. The molecule has 0 bridgehead atoms. The topological polar surface area (TPSA) is 133 Å². The highest BCUT2D eigenvalue weighted by molar-refractivity contribution is 5.79. The summed E-state index contributed by atoms with van der Waals surface area (Å²) >= 11 is 0. The van der Waals surface area contributed by atoms with E-state index in [0.717, 1.165) is 30.6 Å². The summed E-state index contributed by atoms with van der Waals surface area (Å²) in [6, 6.07) is 8.22. The first-order valence-corrected chi connectivity index (χ1v) is 12.9. The summed E-state index contributed by atoms with van der Waals surface area (Å²) in [5.41, 5.74) is 4.59. The van der Waals surface area contributed by atoms with E-state index < -0.39 is 17.5 Å². The number of nitrogens with one attached hydrogen (secondary N) is 1. The second kappa shape index (κ2) is 12.3. The van der Waals surface area contributed by atoms with Crippen LogP contribution >= 0.6 is 0 Å². The molecule has 37 heavy (non-hydrogen) atoms. The van der Waals surface area contributed by atoms with E-state index in [1.54, 1.807) is 0 Å². The number of morpholine rings is 1. The zero-order valence-electron chi connectivity index (χ0n) is 21.5. The summed E-state index contributed by atoms with van der Waals surface area (Å²) in [7, 11) is 0. The van der Waals surface area contributed by atoms with Crippen LogP contribution in [0.1, 0.15) is 56.7 Å². The lowest BCUT2D eigenvalue weighted by atomic mass is 9.84. The first-order valence-electron chi connectivity index (χ1n) is 12.9. The monoisotopic (exact) mass is 518 g/mol. The van der Waals surface area contributed by atoms with Crippen LogP contribution in [-0.4, -0.2) is 102 Å². The fourth-order valence-electron chi connectivity index (χ4n) is 5.42.